The van der Waals surface area contributed by atoms with E-state index in [4.69, 9.17) is 4.74 Å². The van der Waals surface area contributed by atoms with Crippen molar-refractivity contribution in [3.63, 3.8) is 0 Å². The second-order valence-electron chi connectivity index (χ2n) is 4.81. The highest BCUT2D eigenvalue weighted by Gasteiger charge is 2.12. The van der Waals surface area contributed by atoms with E-state index in [9.17, 15) is 9.59 Å². The predicted octanol–water partition coefficient (Wildman–Crippen LogP) is 2.68. The number of ketones is 1. The van der Waals surface area contributed by atoms with Gasteiger partial charge in [-0.15, -0.1) is 0 Å². The molecule has 1 heterocycles. The average molecular weight is 298 g/mol. The number of rotatable bonds is 5. The van der Waals surface area contributed by atoms with E-state index in [1.807, 2.05) is 31.2 Å². The minimum Gasteiger partial charge on any atom is -0.494 e. The van der Waals surface area contributed by atoms with Crippen molar-refractivity contribution in [1.29, 1.82) is 0 Å². The number of nitrogens with zero attached hydrogens (tertiary/aromatic N) is 1. The van der Waals surface area contributed by atoms with E-state index in [-0.39, 0.29) is 11.3 Å². The number of carbonyl (C=O) groups is 1. The lowest BCUT2D eigenvalue weighted by atomic mass is 10.1. The van der Waals surface area contributed by atoms with E-state index in [1.165, 1.54) is 6.08 Å². The first kappa shape index (κ1) is 15.7. The van der Waals surface area contributed by atoms with Gasteiger partial charge in [0.05, 0.1) is 12.3 Å². The third-order valence-electron chi connectivity index (χ3n) is 3.08. The topological polar surface area (TPSA) is 72.0 Å². The fourth-order valence-corrected chi connectivity index (χ4v) is 2.11. The maximum absolute atomic E-state index is 12.2. The van der Waals surface area contributed by atoms with Gasteiger partial charge in [-0.1, -0.05) is 18.2 Å². The van der Waals surface area contributed by atoms with Crippen LogP contribution in [0.1, 0.15) is 34.4 Å². The Morgan fingerprint density at radius 3 is 2.55 bits per heavy atom. The van der Waals surface area contributed by atoms with Gasteiger partial charge in [0.1, 0.15) is 17.1 Å². The summed E-state index contributed by atoms with van der Waals surface area (Å²) in [7, 11) is 0. The predicted molar refractivity (Wildman–Crippen MR) is 85.3 cm³/mol. The second kappa shape index (κ2) is 6.85. The molecule has 0 saturated heterocycles. The molecule has 0 unspecified atom stereocenters. The van der Waals surface area contributed by atoms with E-state index < -0.39 is 5.56 Å². The van der Waals surface area contributed by atoms with Gasteiger partial charge in [-0.3, -0.25) is 9.59 Å². The molecule has 22 heavy (non-hydrogen) atoms. The second-order valence-corrected chi connectivity index (χ2v) is 4.81. The third-order valence-corrected chi connectivity index (χ3v) is 3.08. The molecule has 114 valence electrons. The van der Waals surface area contributed by atoms with E-state index >= 15 is 0 Å². The zero-order valence-electron chi connectivity index (χ0n) is 12.8. The molecule has 0 spiro atoms. The molecular formula is C17H18N2O3. The molecule has 5 nitrogen and oxygen atoms in total. The molecule has 1 aromatic heterocycles. The summed E-state index contributed by atoms with van der Waals surface area (Å²) in [6, 6.07) is 7.36. The van der Waals surface area contributed by atoms with Crippen molar-refractivity contribution in [3.05, 3.63) is 63.3 Å². The number of hydrogen-bond acceptors (Lipinski definition) is 4. The molecule has 0 fully saturated rings. The molecule has 0 aliphatic heterocycles. The Morgan fingerprint density at radius 1 is 1.27 bits per heavy atom. The molecule has 1 N–H and O–H groups in total. The van der Waals surface area contributed by atoms with Crippen LogP contribution in [0.4, 0.5) is 0 Å². The minimum absolute atomic E-state index is 0.0767. The lowest BCUT2D eigenvalue weighted by Gasteiger charge is -2.03. The van der Waals surface area contributed by atoms with Gasteiger partial charge in [0.2, 0.25) is 0 Å². The number of aromatic amines is 1. The van der Waals surface area contributed by atoms with Gasteiger partial charge in [0.25, 0.3) is 5.56 Å². The van der Waals surface area contributed by atoms with Gasteiger partial charge >= 0.3 is 0 Å². The van der Waals surface area contributed by atoms with Crippen LogP contribution in [0.25, 0.3) is 6.08 Å². The molecule has 0 aliphatic carbocycles. The Bertz CT molecular complexity index is 758. The van der Waals surface area contributed by atoms with Gasteiger partial charge in [-0.2, -0.15) is 0 Å². The van der Waals surface area contributed by atoms with Gasteiger partial charge in [-0.25, -0.2) is 4.98 Å². The van der Waals surface area contributed by atoms with Crippen molar-refractivity contribution in [1.82, 2.24) is 9.97 Å². The van der Waals surface area contributed by atoms with Crippen molar-refractivity contribution >= 4 is 11.9 Å². The fraction of sp³-hybridized carbons (Fsp3) is 0.235. The zero-order chi connectivity index (χ0) is 16.1. The van der Waals surface area contributed by atoms with Crippen LogP contribution in [0.5, 0.6) is 5.75 Å². The molecule has 0 radical (unpaired) electrons. The number of aryl methyl sites for hydroxylation is 2. The summed E-state index contributed by atoms with van der Waals surface area (Å²) < 4.78 is 5.35. The number of nitrogens with one attached hydrogen (secondary N) is 1. The van der Waals surface area contributed by atoms with Crippen molar-refractivity contribution in [3.8, 4) is 5.75 Å². The zero-order valence-corrected chi connectivity index (χ0v) is 12.8. The lowest BCUT2D eigenvalue weighted by Crippen LogP contribution is -2.21. The fourth-order valence-electron chi connectivity index (χ4n) is 2.11. The number of carbonyl (C=O) groups excluding carboxylic acids is 1. The summed E-state index contributed by atoms with van der Waals surface area (Å²) in [5, 5.41) is 0. The number of benzene rings is 1. The average Bonchev–Trinajstić information content (AvgIpc) is 2.46. The Kier molecular flexibility index (Phi) is 4.88. The van der Waals surface area contributed by atoms with Crippen LogP contribution in [-0.2, 0) is 0 Å². The van der Waals surface area contributed by atoms with E-state index in [0.29, 0.717) is 18.1 Å². The minimum atomic E-state index is -0.411. The van der Waals surface area contributed by atoms with Gasteiger partial charge in [0, 0.05) is 0 Å². The smallest absolute Gasteiger partial charge is 0.262 e. The SMILES string of the molecule is CCOc1ccc(C=CC(=O)c2c(C)nc(C)[nH]c2=O)cc1. The standard InChI is InChI=1S/C17H18N2O3/c1-4-22-14-8-5-13(6-9-14)7-10-15(20)16-11(2)18-12(3)19-17(16)21/h5-10H,4H2,1-3H3,(H,18,19,21). The summed E-state index contributed by atoms with van der Waals surface area (Å²) in [6.45, 7) is 5.86. The Morgan fingerprint density at radius 2 is 1.95 bits per heavy atom. The summed E-state index contributed by atoms with van der Waals surface area (Å²) in [5.74, 6) is 0.913. The van der Waals surface area contributed by atoms with E-state index in [1.54, 1.807) is 19.9 Å². The largest absolute Gasteiger partial charge is 0.494 e. The van der Waals surface area contributed by atoms with Crippen LogP contribution in [0.15, 0.2) is 35.1 Å². The number of aromatic nitrogens is 2. The summed E-state index contributed by atoms with van der Waals surface area (Å²) in [6.07, 6.45) is 3.04. The van der Waals surface area contributed by atoms with E-state index in [2.05, 4.69) is 9.97 Å². The Hall–Kier alpha value is -2.69. The Labute approximate surface area is 128 Å². The molecular weight excluding hydrogens is 280 g/mol. The molecule has 2 rings (SSSR count). The molecule has 0 saturated carbocycles. The molecule has 5 heteroatoms. The van der Waals surface area contributed by atoms with Crippen LogP contribution in [0.2, 0.25) is 0 Å². The quantitative estimate of drug-likeness (QED) is 0.680. The van der Waals surface area contributed by atoms with Crippen molar-refractivity contribution in [2.75, 3.05) is 6.61 Å². The molecule has 1 aromatic carbocycles. The molecule has 0 bridgehead atoms. The lowest BCUT2D eigenvalue weighted by molar-refractivity contribution is 0.104. The highest BCUT2D eigenvalue weighted by Crippen LogP contribution is 2.13. The highest BCUT2D eigenvalue weighted by atomic mass is 16.5. The first-order chi connectivity index (χ1) is 10.5. The first-order valence-electron chi connectivity index (χ1n) is 7.04. The van der Waals surface area contributed by atoms with Crippen LogP contribution < -0.4 is 10.3 Å². The highest BCUT2D eigenvalue weighted by molar-refractivity contribution is 6.07. The van der Waals surface area contributed by atoms with Gasteiger partial charge in [-0.05, 0) is 44.5 Å². The normalized spacial score (nSPS) is 10.9. The van der Waals surface area contributed by atoms with Gasteiger partial charge in [0.15, 0.2) is 5.78 Å². The van der Waals surface area contributed by atoms with Crippen LogP contribution in [-0.4, -0.2) is 22.4 Å². The van der Waals surface area contributed by atoms with Crippen molar-refractivity contribution in [2.24, 2.45) is 0 Å². The van der Waals surface area contributed by atoms with Gasteiger partial charge < -0.3 is 9.72 Å². The number of H-pyrrole nitrogens is 1. The van der Waals surface area contributed by atoms with Crippen LogP contribution in [0, 0.1) is 13.8 Å². The van der Waals surface area contributed by atoms with E-state index in [0.717, 1.165) is 11.3 Å². The molecule has 0 amide bonds. The molecule has 0 atom stereocenters. The number of allylic oxidation sites excluding steroid dienone is 1. The first-order valence-corrected chi connectivity index (χ1v) is 7.04. The monoisotopic (exact) mass is 298 g/mol. The number of hydrogen-bond donors (Lipinski definition) is 1. The molecule has 0 aliphatic rings. The number of ether oxygens (including phenoxy) is 1. The summed E-state index contributed by atoms with van der Waals surface area (Å²) in [4.78, 5) is 30.7. The van der Waals surface area contributed by atoms with Crippen molar-refractivity contribution in [2.45, 2.75) is 20.8 Å². The van der Waals surface area contributed by atoms with Crippen LogP contribution in [0.3, 0.4) is 0 Å². The van der Waals surface area contributed by atoms with Crippen molar-refractivity contribution < 1.29 is 9.53 Å². The summed E-state index contributed by atoms with van der Waals surface area (Å²) >= 11 is 0. The third kappa shape index (κ3) is 3.69. The molecule has 2 aromatic rings. The maximum Gasteiger partial charge on any atom is 0.262 e. The summed E-state index contributed by atoms with van der Waals surface area (Å²) in [5.41, 5.74) is 0.952. The van der Waals surface area contributed by atoms with Crippen LogP contribution >= 0.6 is 0 Å². The Balaban J connectivity index is 2.20. The maximum atomic E-state index is 12.2.